The largest absolute Gasteiger partial charge is 0.372 e. The highest BCUT2D eigenvalue weighted by molar-refractivity contribution is 14.1. The number of ether oxygens (including phenoxy) is 1. The highest BCUT2D eigenvalue weighted by atomic mass is 127. The molecule has 0 saturated heterocycles. The molecule has 1 aliphatic rings. The van der Waals surface area contributed by atoms with Crippen LogP contribution < -0.4 is 0 Å². The van der Waals surface area contributed by atoms with Crippen molar-refractivity contribution in [2.45, 2.75) is 25.4 Å². The minimum absolute atomic E-state index is 0.194. The van der Waals surface area contributed by atoms with Crippen LogP contribution in [0.5, 0.6) is 0 Å². The maximum absolute atomic E-state index is 5.99. The topological polar surface area (TPSA) is 9.23 Å². The number of benzene rings is 1. The van der Waals surface area contributed by atoms with Crippen LogP contribution in [0.1, 0.15) is 30.9 Å². The van der Waals surface area contributed by atoms with Gasteiger partial charge in [-0.1, -0.05) is 52.7 Å². The summed E-state index contributed by atoms with van der Waals surface area (Å²) in [6, 6.07) is 7.99. The lowest BCUT2D eigenvalue weighted by molar-refractivity contribution is 0.0232. The number of halogens is 2. The van der Waals surface area contributed by atoms with Gasteiger partial charge in [0.05, 0.1) is 12.7 Å². The van der Waals surface area contributed by atoms with Gasteiger partial charge in [0, 0.05) is 9.45 Å². The highest BCUT2D eigenvalue weighted by Crippen LogP contribution is 2.29. The average molecular weight is 351 g/mol. The molecule has 0 aliphatic heterocycles. The van der Waals surface area contributed by atoms with Gasteiger partial charge >= 0.3 is 0 Å². The van der Waals surface area contributed by atoms with Crippen LogP contribution >= 0.6 is 34.2 Å². The second-order valence-electron chi connectivity index (χ2n) is 4.33. The minimum atomic E-state index is 0.194. The van der Waals surface area contributed by atoms with Gasteiger partial charge in [-0.15, -0.1) is 0 Å². The summed E-state index contributed by atoms with van der Waals surface area (Å²) in [4.78, 5) is 0. The van der Waals surface area contributed by atoms with E-state index in [1.54, 1.807) is 0 Å². The predicted molar refractivity (Wildman–Crippen MR) is 76.4 cm³/mol. The van der Waals surface area contributed by atoms with Crippen molar-refractivity contribution in [3.63, 3.8) is 0 Å². The van der Waals surface area contributed by atoms with Crippen LogP contribution in [0.2, 0.25) is 5.02 Å². The molecule has 1 saturated carbocycles. The van der Waals surface area contributed by atoms with Gasteiger partial charge in [-0.2, -0.15) is 0 Å². The molecule has 1 aromatic rings. The molecule has 0 spiro atoms. The molecule has 1 nitrogen and oxygen atoms in total. The Morgan fingerprint density at radius 2 is 2.25 bits per heavy atom. The molecule has 0 N–H and O–H groups in total. The molecule has 2 rings (SSSR count). The van der Waals surface area contributed by atoms with E-state index >= 15 is 0 Å². The van der Waals surface area contributed by atoms with E-state index in [9.17, 15) is 0 Å². The first-order chi connectivity index (χ1) is 7.79. The SMILES string of the molecule is Clc1cccc(C(CI)OCC2CCC2)c1. The fraction of sp³-hybridized carbons (Fsp3) is 0.538. The molecular weight excluding hydrogens is 334 g/mol. The Morgan fingerprint density at radius 3 is 2.81 bits per heavy atom. The monoisotopic (exact) mass is 350 g/mol. The van der Waals surface area contributed by atoms with Crippen molar-refractivity contribution >= 4 is 34.2 Å². The fourth-order valence-corrected chi connectivity index (χ4v) is 2.81. The molecule has 0 bridgehead atoms. The van der Waals surface area contributed by atoms with Crippen molar-refractivity contribution in [2.24, 2.45) is 5.92 Å². The first-order valence-electron chi connectivity index (χ1n) is 5.72. The Hall–Kier alpha value is 0.200. The van der Waals surface area contributed by atoms with Crippen LogP contribution in [-0.2, 0) is 4.74 Å². The molecule has 1 aliphatic carbocycles. The van der Waals surface area contributed by atoms with Crippen molar-refractivity contribution in [2.75, 3.05) is 11.0 Å². The quantitative estimate of drug-likeness (QED) is 0.555. The third kappa shape index (κ3) is 3.34. The van der Waals surface area contributed by atoms with E-state index < -0.39 is 0 Å². The Kier molecular flexibility index (Phi) is 4.92. The Balaban J connectivity index is 1.92. The van der Waals surface area contributed by atoms with E-state index in [0.29, 0.717) is 0 Å². The predicted octanol–water partition coefficient (Wildman–Crippen LogP) is 4.63. The second kappa shape index (κ2) is 6.22. The smallest absolute Gasteiger partial charge is 0.0914 e. The van der Waals surface area contributed by atoms with E-state index in [1.165, 1.54) is 24.8 Å². The molecule has 0 aromatic heterocycles. The van der Waals surface area contributed by atoms with Gasteiger partial charge in [-0.05, 0) is 36.5 Å². The van der Waals surface area contributed by atoms with Gasteiger partial charge in [-0.3, -0.25) is 0 Å². The van der Waals surface area contributed by atoms with E-state index in [2.05, 4.69) is 28.7 Å². The molecule has 88 valence electrons. The molecule has 0 heterocycles. The molecule has 0 amide bonds. The summed E-state index contributed by atoms with van der Waals surface area (Å²) in [5.74, 6) is 0.796. The summed E-state index contributed by atoms with van der Waals surface area (Å²) < 4.78 is 6.95. The van der Waals surface area contributed by atoms with Gasteiger partial charge in [0.2, 0.25) is 0 Å². The van der Waals surface area contributed by atoms with Crippen LogP contribution in [-0.4, -0.2) is 11.0 Å². The first kappa shape index (κ1) is 12.7. The van der Waals surface area contributed by atoms with Gasteiger partial charge in [-0.25, -0.2) is 0 Å². The van der Waals surface area contributed by atoms with Gasteiger partial charge in [0.15, 0.2) is 0 Å². The van der Waals surface area contributed by atoms with Crippen molar-refractivity contribution in [3.05, 3.63) is 34.9 Å². The summed E-state index contributed by atoms with van der Waals surface area (Å²) in [5, 5.41) is 0.791. The third-order valence-corrected chi connectivity index (χ3v) is 4.15. The van der Waals surface area contributed by atoms with Crippen molar-refractivity contribution in [1.29, 1.82) is 0 Å². The maximum atomic E-state index is 5.99. The van der Waals surface area contributed by atoms with Gasteiger partial charge in [0.1, 0.15) is 0 Å². The standard InChI is InChI=1S/C13H16ClIO/c14-12-6-2-5-11(7-12)13(8-15)16-9-10-3-1-4-10/h2,5-7,10,13H,1,3-4,8-9H2. The molecule has 1 unspecified atom stereocenters. The maximum Gasteiger partial charge on any atom is 0.0914 e. The van der Waals surface area contributed by atoms with E-state index in [1.807, 2.05) is 18.2 Å². The van der Waals surface area contributed by atoms with Crippen LogP contribution in [0, 0.1) is 5.92 Å². The highest BCUT2D eigenvalue weighted by Gasteiger charge is 2.20. The fourth-order valence-electron chi connectivity index (χ4n) is 1.85. The number of hydrogen-bond donors (Lipinski definition) is 0. The van der Waals surface area contributed by atoms with Crippen LogP contribution in [0.15, 0.2) is 24.3 Å². The summed E-state index contributed by atoms with van der Waals surface area (Å²) in [7, 11) is 0. The molecule has 3 heteroatoms. The average Bonchev–Trinajstić information content (AvgIpc) is 2.22. The third-order valence-electron chi connectivity index (χ3n) is 3.12. The van der Waals surface area contributed by atoms with E-state index in [-0.39, 0.29) is 6.10 Å². The summed E-state index contributed by atoms with van der Waals surface area (Å²) in [6.45, 7) is 0.903. The summed E-state index contributed by atoms with van der Waals surface area (Å²) in [5.41, 5.74) is 1.20. The van der Waals surface area contributed by atoms with Gasteiger partial charge in [0.25, 0.3) is 0 Å². The molecular formula is C13H16ClIO. The zero-order valence-electron chi connectivity index (χ0n) is 9.16. The van der Waals surface area contributed by atoms with E-state index in [0.717, 1.165) is 22.0 Å². The zero-order chi connectivity index (χ0) is 11.4. The van der Waals surface area contributed by atoms with Crippen LogP contribution in [0.25, 0.3) is 0 Å². The molecule has 0 radical (unpaired) electrons. The molecule has 1 fully saturated rings. The molecule has 16 heavy (non-hydrogen) atoms. The number of alkyl halides is 1. The minimum Gasteiger partial charge on any atom is -0.372 e. The lowest BCUT2D eigenvalue weighted by atomic mass is 9.86. The Bertz CT molecular complexity index is 338. The normalized spacial score (nSPS) is 18.1. The van der Waals surface area contributed by atoms with Crippen LogP contribution in [0.3, 0.4) is 0 Å². The van der Waals surface area contributed by atoms with Gasteiger partial charge < -0.3 is 4.74 Å². The Morgan fingerprint density at radius 1 is 1.44 bits per heavy atom. The lowest BCUT2D eigenvalue weighted by Gasteiger charge is -2.27. The molecule has 1 atom stereocenters. The van der Waals surface area contributed by atoms with Crippen LogP contribution in [0.4, 0.5) is 0 Å². The second-order valence-corrected chi connectivity index (χ2v) is 5.65. The molecule has 1 aromatic carbocycles. The Labute approximate surface area is 116 Å². The summed E-state index contributed by atoms with van der Waals surface area (Å²) in [6.07, 6.45) is 4.24. The number of hydrogen-bond acceptors (Lipinski definition) is 1. The lowest BCUT2D eigenvalue weighted by Crippen LogP contribution is -2.19. The summed E-state index contributed by atoms with van der Waals surface area (Å²) >= 11 is 8.36. The zero-order valence-corrected chi connectivity index (χ0v) is 12.1. The van der Waals surface area contributed by atoms with Crippen molar-refractivity contribution in [1.82, 2.24) is 0 Å². The first-order valence-corrected chi connectivity index (χ1v) is 7.63. The van der Waals surface area contributed by atoms with Crippen molar-refractivity contribution in [3.8, 4) is 0 Å². The number of rotatable bonds is 5. The van der Waals surface area contributed by atoms with Crippen molar-refractivity contribution < 1.29 is 4.74 Å². The van der Waals surface area contributed by atoms with E-state index in [4.69, 9.17) is 16.3 Å².